The molecule has 0 unspecified atom stereocenters. The van der Waals surface area contributed by atoms with Crippen LogP contribution in [-0.2, 0) is 0 Å². The number of thiol groups is 3. The van der Waals surface area contributed by atoms with Crippen LogP contribution in [0.1, 0.15) is 6.42 Å². The Morgan fingerprint density at radius 3 is 1.80 bits per heavy atom. The first kappa shape index (κ1) is 11.8. The van der Waals surface area contributed by atoms with E-state index in [0.717, 1.165) is 22.3 Å². The van der Waals surface area contributed by atoms with Gasteiger partial charge in [0.05, 0.1) is 4.58 Å². The molecule has 0 nitrogen and oxygen atoms in total. The predicted octanol–water partition coefficient (Wildman–Crippen LogP) is 2.87. The van der Waals surface area contributed by atoms with E-state index in [9.17, 15) is 0 Å². The maximum Gasteiger partial charge on any atom is 0.0526 e. The summed E-state index contributed by atoms with van der Waals surface area (Å²) >= 11 is 16.2. The molecular weight excluding hydrogens is 220 g/mol. The van der Waals surface area contributed by atoms with Gasteiger partial charge in [-0.05, 0) is 12.2 Å². The third-order valence-corrected chi connectivity index (χ3v) is 4.37. The molecule has 0 aromatic carbocycles. The fourth-order valence-corrected chi connectivity index (χ4v) is 4.47. The second-order valence-corrected chi connectivity index (χ2v) is 6.15. The van der Waals surface area contributed by atoms with E-state index in [1.807, 2.05) is 23.5 Å². The van der Waals surface area contributed by atoms with E-state index in [2.05, 4.69) is 37.9 Å². The van der Waals surface area contributed by atoms with Crippen molar-refractivity contribution in [2.45, 2.75) is 11.0 Å². The Morgan fingerprint density at radius 2 is 1.50 bits per heavy atom. The zero-order valence-electron chi connectivity index (χ0n) is 5.56. The standard InChI is InChI=1S/C5H12S5/c6-2-1-5(9-3-7)10-4-8/h5-8H,1-4H2. The van der Waals surface area contributed by atoms with Crippen molar-refractivity contribution < 1.29 is 0 Å². The van der Waals surface area contributed by atoms with Gasteiger partial charge in [0.25, 0.3) is 0 Å². The summed E-state index contributed by atoms with van der Waals surface area (Å²) in [5.41, 5.74) is 0. The van der Waals surface area contributed by atoms with E-state index < -0.39 is 0 Å². The number of hydrogen-bond donors (Lipinski definition) is 3. The van der Waals surface area contributed by atoms with Gasteiger partial charge >= 0.3 is 0 Å². The average molecular weight is 232 g/mol. The van der Waals surface area contributed by atoms with Gasteiger partial charge < -0.3 is 0 Å². The molecule has 0 aliphatic carbocycles. The minimum absolute atomic E-state index is 0.632. The van der Waals surface area contributed by atoms with Gasteiger partial charge in [-0.15, -0.1) is 23.5 Å². The van der Waals surface area contributed by atoms with Gasteiger partial charge in [0, 0.05) is 10.2 Å². The Morgan fingerprint density at radius 1 is 1.00 bits per heavy atom. The molecule has 0 aliphatic rings. The highest BCUT2D eigenvalue weighted by Crippen LogP contribution is 2.28. The molecule has 0 heterocycles. The summed E-state index contributed by atoms with van der Waals surface area (Å²) in [7, 11) is 0. The SMILES string of the molecule is SCCC(SCS)SCS. The maximum absolute atomic E-state index is 4.17. The molecule has 0 rings (SSSR count). The summed E-state index contributed by atoms with van der Waals surface area (Å²) < 4.78 is 0.632. The molecule has 0 saturated heterocycles. The van der Waals surface area contributed by atoms with Gasteiger partial charge in [0.15, 0.2) is 0 Å². The first-order valence-corrected chi connectivity index (χ1v) is 6.90. The van der Waals surface area contributed by atoms with Crippen LogP contribution >= 0.6 is 61.4 Å². The van der Waals surface area contributed by atoms with Crippen LogP contribution in [0.4, 0.5) is 0 Å². The van der Waals surface area contributed by atoms with E-state index in [4.69, 9.17) is 0 Å². The Balaban J connectivity index is 3.30. The predicted molar refractivity (Wildman–Crippen MR) is 65.1 cm³/mol. The summed E-state index contributed by atoms with van der Waals surface area (Å²) in [6.45, 7) is 0. The van der Waals surface area contributed by atoms with Gasteiger partial charge in [-0.1, -0.05) is 0 Å². The topological polar surface area (TPSA) is 0 Å². The maximum atomic E-state index is 4.17. The first-order chi connectivity index (χ1) is 4.85. The van der Waals surface area contributed by atoms with Crippen LogP contribution in [0.3, 0.4) is 0 Å². The molecule has 0 spiro atoms. The van der Waals surface area contributed by atoms with Crippen molar-refractivity contribution in [3.63, 3.8) is 0 Å². The van der Waals surface area contributed by atoms with Crippen molar-refractivity contribution in [1.82, 2.24) is 0 Å². The quantitative estimate of drug-likeness (QED) is 0.476. The molecule has 0 radical (unpaired) electrons. The molecule has 0 aliphatic heterocycles. The molecule has 0 aromatic heterocycles. The van der Waals surface area contributed by atoms with E-state index in [-0.39, 0.29) is 0 Å². The molecule has 0 aromatic rings. The second kappa shape index (κ2) is 8.84. The van der Waals surface area contributed by atoms with Crippen LogP contribution in [0.15, 0.2) is 0 Å². The molecule has 10 heavy (non-hydrogen) atoms. The molecule has 0 N–H and O–H groups in total. The monoisotopic (exact) mass is 232 g/mol. The Labute approximate surface area is 87.9 Å². The lowest BCUT2D eigenvalue weighted by Crippen LogP contribution is -1.97. The fraction of sp³-hybridized carbons (Fsp3) is 1.00. The second-order valence-electron chi connectivity index (χ2n) is 1.53. The highest BCUT2D eigenvalue weighted by atomic mass is 32.2. The summed E-state index contributed by atoms with van der Waals surface area (Å²) in [6, 6.07) is 0. The third kappa shape index (κ3) is 6.46. The minimum Gasteiger partial charge on any atom is -0.179 e. The molecule has 0 atom stereocenters. The van der Waals surface area contributed by atoms with Gasteiger partial charge in [-0.25, -0.2) is 0 Å². The van der Waals surface area contributed by atoms with E-state index >= 15 is 0 Å². The van der Waals surface area contributed by atoms with Crippen LogP contribution in [0, 0.1) is 0 Å². The normalized spacial score (nSPS) is 10.8. The lowest BCUT2D eigenvalue weighted by atomic mass is 10.6. The van der Waals surface area contributed by atoms with Crippen molar-refractivity contribution in [3.05, 3.63) is 0 Å². The van der Waals surface area contributed by atoms with Crippen molar-refractivity contribution >= 4 is 61.4 Å². The number of thioether (sulfide) groups is 2. The van der Waals surface area contributed by atoms with Crippen molar-refractivity contribution in [2.24, 2.45) is 0 Å². The molecule has 0 fully saturated rings. The van der Waals surface area contributed by atoms with E-state index in [1.54, 1.807) is 0 Å². The molecule has 0 saturated carbocycles. The lowest BCUT2D eigenvalue weighted by Gasteiger charge is -2.11. The van der Waals surface area contributed by atoms with Crippen molar-refractivity contribution in [2.75, 3.05) is 15.9 Å². The van der Waals surface area contributed by atoms with Crippen LogP contribution in [0.25, 0.3) is 0 Å². The smallest absolute Gasteiger partial charge is 0.0526 e. The molecule has 0 bridgehead atoms. The molecule has 0 amide bonds. The molecule has 5 heteroatoms. The van der Waals surface area contributed by atoms with Crippen molar-refractivity contribution in [1.29, 1.82) is 0 Å². The zero-order valence-corrected chi connectivity index (χ0v) is 9.88. The van der Waals surface area contributed by atoms with Gasteiger partial charge in [-0.3, -0.25) is 0 Å². The summed E-state index contributed by atoms with van der Waals surface area (Å²) in [6.07, 6.45) is 1.14. The largest absolute Gasteiger partial charge is 0.179 e. The third-order valence-electron chi connectivity index (χ3n) is 0.886. The summed E-state index contributed by atoms with van der Waals surface area (Å²) in [5, 5.41) is 1.78. The molecule has 62 valence electrons. The number of rotatable bonds is 6. The highest BCUT2D eigenvalue weighted by molar-refractivity contribution is 8.23. The van der Waals surface area contributed by atoms with Crippen LogP contribution in [0.5, 0.6) is 0 Å². The van der Waals surface area contributed by atoms with Crippen LogP contribution in [0.2, 0.25) is 0 Å². The average Bonchev–Trinajstić information content (AvgIpc) is 1.90. The fourth-order valence-electron chi connectivity index (χ4n) is 0.486. The minimum atomic E-state index is 0.632. The van der Waals surface area contributed by atoms with Gasteiger partial charge in [-0.2, -0.15) is 37.9 Å². The lowest BCUT2D eigenvalue weighted by molar-refractivity contribution is 1.08. The zero-order chi connectivity index (χ0) is 7.82. The Kier molecular flexibility index (Phi) is 10.4. The summed E-state index contributed by atoms with van der Waals surface area (Å²) in [5.74, 6) is 0.951. The van der Waals surface area contributed by atoms with Crippen LogP contribution < -0.4 is 0 Å². The number of hydrogen-bond acceptors (Lipinski definition) is 5. The first-order valence-electron chi connectivity index (χ1n) is 2.91. The van der Waals surface area contributed by atoms with Crippen LogP contribution in [-0.4, -0.2) is 20.5 Å². The Bertz CT molecular complexity index is 52.8. The molecular formula is C5H12S5. The summed E-state index contributed by atoms with van der Waals surface area (Å²) in [4.78, 5) is 0. The van der Waals surface area contributed by atoms with Gasteiger partial charge in [0.1, 0.15) is 0 Å². The van der Waals surface area contributed by atoms with Crippen molar-refractivity contribution in [3.8, 4) is 0 Å². The van der Waals surface area contributed by atoms with E-state index in [1.165, 1.54) is 0 Å². The highest BCUT2D eigenvalue weighted by Gasteiger charge is 2.05. The van der Waals surface area contributed by atoms with E-state index in [0.29, 0.717) is 4.58 Å². The Hall–Kier alpha value is 1.75. The van der Waals surface area contributed by atoms with Gasteiger partial charge in [0.2, 0.25) is 0 Å².